The van der Waals surface area contributed by atoms with E-state index in [2.05, 4.69) is 39.5 Å². The zero-order valence-electron chi connectivity index (χ0n) is 23.9. The molecule has 9 rings (SSSR count). The highest BCUT2D eigenvalue weighted by atomic mass is 16.5. The van der Waals surface area contributed by atoms with Crippen molar-refractivity contribution in [3.8, 4) is 17.1 Å². The van der Waals surface area contributed by atoms with E-state index in [0.29, 0.717) is 29.2 Å². The molecule has 4 aromatic heterocycles. The van der Waals surface area contributed by atoms with Gasteiger partial charge in [0.15, 0.2) is 0 Å². The number of amides is 1. The average molecular weight is 553 g/mol. The third kappa shape index (κ3) is 3.41. The quantitative estimate of drug-likeness (QED) is 0.339. The first-order chi connectivity index (χ1) is 20.0. The Bertz CT molecular complexity index is 1730. The van der Waals surface area contributed by atoms with E-state index in [1.165, 1.54) is 25.7 Å². The predicted molar refractivity (Wildman–Crippen MR) is 155 cm³/mol. The van der Waals surface area contributed by atoms with Gasteiger partial charge in [-0.3, -0.25) is 4.79 Å². The van der Waals surface area contributed by atoms with Crippen LogP contribution in [0.3, 0.4) is 0 Å². The van der Waals surface area contributed by atoms with Gasteiger partial charge >= 0.3 is 0 Å². The predicted octanol–water partition coefficient (Wildman–Crippen LogP) is 4.39. The number of carbonyl (C=O) groups is 1. The second-order valence-corrected chi connectivity index (χ2v) is 13.1. The molecule has 3 aliphatic carbocycles. The molecular formula is C32H36N6O3. The van der Waals surface area contributed by atoms with Crippen molar-refractivity contribution in [2.75, 3.05) is 38.8 Å². The van der Waals surface area contributed by atoms with Crippen molar-refractivity contribution in [2.45, 2.75) is 51.3 Å². The third-order valence-electron chi connectivity index (χ3n) is 10.8. The lowest BCUT2D eigenvalue weighted by Gasteiger charge is -2.52. The highest BCUT2D eigenvalue weighted by Gasteiger charge is 2.61. The third-order valence-corrected chi connectivity index (χ3v) is 10.8. The average Bonchev–Trinajstić information content (AvgIpc) is 3.61. The van der Waals surface area contributed by atoms with Crippen molar-refractivity contribution < 1.29 is 14.3 Å². The monoisotopic (exact) mass is 552 g/mol. The lowest BCUT2D eigenvalue weighted by molar-refractivity contribution is -0.0204. The first-order valence-electron chi connectivity index (χ1n) is 15.2. The molecule has 3 saturated carbocycles. The molecule has 212 valence electrons. The standard InChI is InChI=1S/C32H36N6O3/c1-17-29(25-9-19-6-7-27(35-15-23(16-35)40-2)33-31(19)36(25)12-18-4-5-18)34-38-14-22(11-26(41-3)30(17)38)32(39)37-13-21-8-20-10-24(37)28(20)21/h6-7,9,11,14,18,20-21,23-24,28H,4-5,8,10,12-13,15-16H2,1-3H3/t20?,21?,24?,28-/m1/s1. The zero-order valence-corrected chi connectivity index (χ0v) is 23.9. The van der Waals surface area contributed by atoms with Crippen molar-refractivity contribution in [1.29, 1.82) is 0 Å². The number of ether oxygens (including phenoxy) is 2. The molecule has 5 fully saturated rings. The number of fused-ring (bicyclic) bond motifs is 2. The van der Waals surface area contributed by atoms with Gasteiger partial charge < -0.3 is 23.8 Å². The minimum absolute atomic E-state index is 0.110. The Labute approximate surface area is 239 Å². The summed E-state index contributed by atoms with van der Waals surface area (Å²) < 4.78 is 15.6. The molecule has 0 radical (unpaired) electrons. The Balaban J connectivity index is 1.13. The number of methoxy groups -OCH3 is 2. The van der Waals surface area contributed by atoms with Crippen LogP contribution in [0.1, 0.15) is 41.6 Å². The first kappa shape index (κ1) is 24.1. The van der Waals surface area contributed by atoms with Crippen LogP contribution in [0.4, 0.5) is 5.82 Å². The van der Waals surface area contributed by atoms with Crippen LogP contribution in [-0.2, 0) is 11.3 Å². The van der Waals surface area contributed by atoms with Crippen LogP contribution in [0.15, 0.2) is 30.5 Å². The fraction of sp³-hybridized carbons (Fsp3) is 0.531. The topological polar surface area (TPSA) is 77.1 Å². The summed E-state index contributed by atoms with van der Waals surface area (Å²) in [6, 6.07) is 8.87. The number of hydrogen-bond acceptors (Lipinski definition) is 6. The number of pyridine rings is 2. The largest absolute Gasteiger partial charge is 0.494 e. The number of nitrogens with zero attached hydrogens (tertiary/aromatic N) is 6. The van der Waals surface area contributed by atoms with E-state index >= 15 is 0 Å². The van der Waals surface area contributed by atoms with Crippen LogP contribution in [0.5, 0.6) is 5.75 Å². The van der Waals surface area contributed by atoms with Crippen LogP contribution >= 0.6 is 0 Å². The lowest BCUT2D eigenvalue weighted by Crippen LogP contribution is -2.53. The van der Waals surface area contributed by atoms with E-state index in [1.54, 1.807) is 14.2 Å². The molecule has 9 nitrogen and oxygen atoms in total. The van der Waals surface area contributed by atoms with E-state index < -0.39 is 0 Å². The van der Waals surface area contributed by atoms with E-state index in [9.17, 15) is 4.79 Å². The maximum atomic E-state index is 13.7. The highest BCUT2D eigenvalue weighted by Crippen LogP contribution is 2.60. The van der Waals surface area contributed by atoms with Gasteiger partial charge in [-0.15, -0.1) is 0 Å². The van der Waals surface area contributed by atoms with Crippen LogP contribution in [0.25, 0.3) is 27.9 Å². The molecule has 0 aromatic carbocycles. The Kier molecular flexibility index (Phi) is 4.97. The Hall–Kier alpha value is -3.59. The van der Waals surface area contributed by atoms with E-state index in [-0.39, 0.29) is 12.0 Å². The van der Waals surface area contributed by atoms with Gasteiger partial charge in [-0.2, -0.15) is 5.10 Å². The summed E-state index contributed by atoms with van der Waals surface area (Å²) in [5, 5.41) is 6.23. The molecule has 2 aliphatic heterocycles. The molecule has 1 amide bonds. The fourth-order valence-electron chi connectivity index (χ4n) is 8.17. The molecule has 6 heterocycles. The van der Waals surface area contributed by atoms with Crippen molar-refractivity contribution in [2.24, 2.45) is 23.7 Å². The van der Waals surface area contributed by atoms with Gasteiger partial charge in [0.25, 0.3) is 5.91 Å². The summed E-state index contributed by atoms with van der Waals surface area (Å²) in [5.74, 6) is 4.78. The lowest BCUT2D eigenvalue weighted by atomic mass is 9.53. The number of anilines is 1. The van der Waals surface area contributed by atoms with Gasteiger partial charge in [0.05, 0.1) is 24.5 Å². The molecule has 41 heavy (non-hydrogen) atoms. The summed E-state index contributed by atoms with van der Waals surface area (Å²) in [5.41, 5.74) is 5.61. The summed E-state index contributed by atoms with van der Waals surface area (Å²) in [7, 11) is 3.46. The molecule has 9 heteroatoms. The van der Waals surface area contributed by atoms with Crippen molar-refractivity contribution in [3.63, 3.8) is 0 Å². The second-order valence-electron chi connectivity index (χ2n) is 13.1. The fourth-order valence-corrected chi connectivity index (χ4v) is 8.17. The molecule has 3 unspecified atom stereocenters. The van der Waals surface area contributed by atoms with Gasteiger partial charge in [0.1, 0.15) is 28.4 Å². The molecule has 4 atom stereocenters. The smallest absolute Gasteiger partial charge is 0.255 e. The molecule has 0 N–H and O–H groups in total. The van der Waals surface area contributed by atoms with Gasteiger partial charge in [0.2, 0.25) is 0 Å². The minimum Gasteiger partial charge on any atom is -0.494 e. The van der Waals surface area contributed by atoms with E-state index in [1.807, 2.05) is 16.8 Å². The Morgan fingerprint density at radius 3 is 2.66 bits per heavy atom. The van der Waals surface area contributed by atoms with E-state index in [4.69, 9.17) is 19.6 Å². The van der Waals surface area contributed by atoms with Gasteiger partial charge in [-0.05, 0) is 80.5 Å². The van der Waals surface area contributed by atoms with E-state index in [0.717, 1.165) is 77.3 Å². The van der Waals surface area contributed by atoms with Crippen molar-refractivity contribution in [3.05, 3.63) is 41.6 Å². The van der Waals surface area contributed by atoms with Crippen LogP contribution in [0, 0.1) is 30.6 Å². The number of hydrogen-bond donors (Lipinski definition) is 0. The second kappa shape index (κ2) is 8.47. The first-order valence-corrected chi connectivity index (χ1v) is 15.2. The summed E-state index contributed by atoms with van der Waals surface area (Å²) in [6.45, 7) is 5.69. The molecule has 5 aliphatic rings. The maximum absolute atomic E-state index is 13.7. The SMILES string of the molecule is COc1cc(C(=O)N2CC3CC4CC2[C@H]43)cn2nc(-c3cc4ccc(N5CC(OC)C5)nc4n3CC3CC3)c(C)c12. The van der Waals surface area contributed by atoms with Gasteiger partial charge in [-0.1, -0.05) is 0 Å². The van der Waals surface area contributed by atoms with Crippen molar-refractivity contribution >= 4 is 28.3 Å². The number of aryl methyl sites for hydroxylation is 1. The van der Waals surface area contributed by atoms with Crippen LogP contribution < -0.4 is 9.64 Å². The summed E-state index contributed by atoms with van der Waals surface area (Å²) >= 11 is 0. The molecule has 0 spiro atoms. The summed E-state index contributed by atoms with van der Waals surface area (Å²) in [6.07, 6.45) is 7.16. The Morgan fingerprint density at radius 2 is 1.93 bits per heavy atom. The van der Waals surface area contributed by atoms with Gasteiger partial charge in [-0.25, -0.2) is 9.50 Å². The normalized spacial score (nSPS) is 26.7. The molecule has 2 saturated heterocycles. The molecule has 0 bridgehead atoms. The van der Waals surface area contributed by atoms with Gasteiger partial charge in [0, 0.05) is 56.5 Å². The number of aromatic nitrogens is 4. The molecule has 4 aromatic rings. The van der Waals surface area contributed by atoms with Crippen LogP contribution in [0.2, 0.25) is 0 Å². The Morgan fingerprint density at radius 1 is 1.07 bits per heavy atom. The number of likely N-dealkylation sites (tertiary alicyclic amines) is 1. The number of carbonyl (C=O) groups excluding carboxylic acids is 1. The van der Waals surface area contributed by atoms with Crippen molar-refractivity contribution in [1.82, 2.24) is 24.1 Å². The highest BCUT2D eigenvalue weighted by molar-refractivity contribution is 5.96. The maximum Gasteiger partial charge on any atom is 0.255 e. The zero-order chi connectivity index (χ0) is 27.6. The minimum atomic E-state index is 0.110. The number of rotatable bonds is 7. The summed E-state index contributed by atoms with van der Waals surface area (Å²) in [4.78, 5) is 23.3. The van der Waals surface area contributed by atoms with Crippen LogP contribution in [-0.4, -0.2) is 76.0 Å². The molecular weight excluding hydrogens is 516 g/mol.